The molecule has 0 saturated heterocycles. The summed E-state index contributed by atoms with van der Waals surface area (Å²) in [5, 5.41) is 3.19. The van der Waals surface area contributed by atoms with Crippen LogP contribution >= 0.6 is 0 Å². The fraction of sp³-hybridized carbons (Fsp3) is 0.538. The molecule has 17 heavy (non-hydrogen) atoms. The molecule has 1 N–H and O–H groups in total. The Bertz CT molecular complexity index is 507. The minimum Gasteiger partial charge on any atom is -0.319 e. The van der Waals surface area contributed by atoms with Crippen LogP contribution in [0, 0.1) is 5.92 Å². The molecule has 3 nitrogen and oxygen atoms in total. The predicted octanol–water partition coefficient (Wildman–Crippen LogP) is 1.59. The van der Waals surface area contributed by atoms with Crippen LogP contribution in [0.4, 0.5) is 0 Å². The average Bonchev–Trinajstić information content (AvgIpc) is 2.91. The zero-order chi connectivity index (χ0) is 12.7. The van der Waals surface area contributed by atoms with Gasteiger partial charge in [0, 0.05) is 6.26 Å². The summed E-state index contributed by atoms with van der Waals surface area (Å²) in [4.78, 5) is 0.399. The van der Waals surface area contributed by atoms with Gasteiger partial charge in [-0.05, 0) is 49.0 Å². The maximum Gasteiger partial charge on any atom is 0.175 e. The first-order chi connectivity index (χ1) is 7.88. The predicted molar refractivity (Wildman–Crippen MR) is 68.9 cm³/mol. The molecule has 1 saturated carbocycles. The van der Waals surface area contributed by atoms with Gasteiger partial charge in [-0.25, -0.2) is 8.42 Å². The topological polar surface area (TPSA) is 46.2 Å². The van der Waals surface area contributed by atoms with E-state index in [4.69, 9.17) is 0 Å². The number of hydrogen-bond acceptors (Lipinski definition) is 3. The van der Waals surface area contributed by atoms with Crippen LogP contribution in [-0.4, -0.2) is 28.3 Å². The molecule has 2 atom stereocenters. The molecule has 4 heteroatoms. The molecule has 0 spiro atoms. The van der Waals surface area contributed by atoms with Crippen LogP contribution in [0.1, 0.15) is 18.9 Å². The van der Waals surface area contributed by atoms with E-state index in [1.807, 2.05) is 19.2 Å². The smallest absolute Gasteiger partial charge is 0.175 e. The van der Waals surface area contributed by atoms with Gasteiger partial charge in [0.25, 0.3) is 0 Å². The first-order valence-corrected chi connectivity index (χ1v) is 7.72. The maximum absolute atomic E-state index is 11.4. The van der Waals surface area contributed by atoms with Gasteiger partial charge >= 0.3 is 0 Å². The van der Waals surface area contributed by atoms with E-state index in [1.54, 1.807) is 12.1 Å². The first kappa shape index (κ1) is 12.6. The molecule has 1 aromatic rings. The Morgan fingerprint density at radius 3 is 2.41 bits per heavy atom. The van der Waals surface area contributed by atoms with Gasteiger partial charge < -0.3 is 5.32 Å². The fourth-order valence-electron chi connectivity index (χ4n) is 2.43. The van der Waals surface area contributed by atoms with Gasteiger partial charge in [-0.3, -0.25) is 0 Å². The third-order valence-electron chi connectivity index (χ3n) is 3.80. The lowest BCUT2D eigenvalue weighted by Crippen LogP contribution is -2.15. The molecule has 1 aromatic carbocycles. The Morgan fingerprint density at radius 2 is 1.94 bits per heavy atom. The lowest BCUT2D eigenvalue weighted by Gasteiger charge is -2.12. The Balaban J connectivity index is 2.20. The van der Waals surface area contributed by atoms with Gasteiger partial charge in [0.2, 0.25) is 0 Å². The minimum absolute atomic E-state index is 0.221. The molecule has 0 aliphatic heterocycles. The van der Waals surface area contributed by atoms with Crippen molar-refractivity contribution in [2.75, 3.05) is 19.8 Å². The van der Waals surface area contributed by atoms with E-state index in [2.05, 4.69) is 12.2 Å². The van der Waals surface area contributed by atoms with E-state index in [9.17, 15) is 8.42 Å². The summed E-state index contributed by atoms with van der Waals surface area (Å²) in [6, 6.07) is 7.33. The molecule has 94 valence electrons. The molecule has 0 bridgehead atoms. The molecule has 1 aliphatic rings. The fourth-order valence-corrected chi connectivity index (χ4v) is 3.06. The van der Waals surface area contributed by atoms with Crippen molar-refractivity contribution in [3.8, 4) is 0 Å². The zero-order valence-electron chi connectivity index (χ0n) is 10.5. The van der Waals surface area contributed by atoms with Crippen LogP contribution in [0.15, 0.2) is 29.2 Å². The van der Waals surface area contributed by atoms with Crippen molar-refractivity contribution in [1.82, 2.24) is 5.32 Å². The lowest BCUT2D eigenvalue weighted by atomic mass is 9.95. The van der Waals surface area contributed by atoms with Gasteiger partial charge in [-0.15, -0.1) is 0 Å². The molecular formula is C13H19NO2S. The quantitative estimate of drug-likeness (QED) is 0.886. The van der Waals surface area contributed by atoms with Crippen LogP contribution in [0.25, 0.3) is 0 Å². The summed E-state index contributed by atoms with van der Waals surface area (Å²) >= 11 is 0. The third kappa shape index (κ3) is 2.38. The van der Waals surface area contributed by atoms with Gasteiger partial charge in [0.1, 0.15) is 0 Å². The Hall–Kier alpha value is -0.870. The standard InChI is InChI=1S/C13H19NO2S/c1-13(8-11(13)9-14-2)10-4-6-12(7-5-10)17(3,15)16/h4-7,11,14H,8-9H2,1-3H3. The summed E-state index contributed by atoms with van der Waals surface area (Å²) in [6.45, 7) is 3.26. The Kier molecular flexibility index (Phi) is 3.04. The van der Waals surface area contributed by atoms with Crippen LogP contribution in [-0.2, 0) is 15.3 Å². The van der Waals surface area contributed by atoms with E-state index in [-0.39, 0.29) is 5.41 Å². The minimum atomic E-state index is -3.08. The maximum atomic E-state index is 11.4. The number of hydrogen-bond donors (Lipinski definition) is 1. The van der Waals surface area contributed by atoms with E-state index in [0.717, 1.165) is 6.54 Å². The summed E-state index contributed by atoms with van der Waals surface area (Å²) in [5.74, 6) is 0.664. The van der Waals surface area contributed by atoms with Crippen molar-refractivity contribution >= 4 is 9.84 Å². The van der Waals surface area contributed by atoms with Crippen LogP contribution < -0.4 is 5.32 Å². The summed E-state index contributed by atoms with van der Waals surface area (Å²) in [6.07, 6.45) is 2.41. The van der Waals surface area contributed by atoms with E-state index < -0.39 is 9.84 Å². The molecule has 1 aliphatic carbocycles. The summed E-state index contributed by atoms with van der Waals surface area (Å²) < 4.78 is 22.7. The largest absolute Gasteiger partial charge is 0.319 e. The van der Waals surface area contributed by atoms with Crippen molar-refractivity contribution < 1.29 is 8.42 Å². The first-order valence-electron chi connectivity index (χ1n) is 5.83. The molecule has 0 heterocycles. The third-order valence-corrected chi connectivity index (χ3v) is 4.93. The normalized spacial score (nSPS) is 28.1. The van der Waals surface area contributed by atoms with Gasteiger partial charge in [-0.2, -0.15) is 0 Å². The number of sulfone groups is 1. The molecule has 0 radical (unpaired) electrons. The van der Waals surface area contributed by atoms with Gasteiger partial charge in [-0.1, -0.05) is 19.1 Å². The van der Waals surface area contributed by atoms with Crippen LogP contribution in [0.5, 0.6) is 0 Å². The van der Waals surface area contributed by atoms with Crippen LogP contribution in [0.2, 0.25) is 0 Å². The van der Waals surface area contributed by atoms with Crippen molar-refractivity contribution in [2.24, 2.45) is 5.92 Å². The van der Waals surface area contributed by atoms with Crippen molar-refractivity contribution in [3.05, 3.63) is 29.8 Å². The number of benzene rings is 1. The second-order valence-electron chi connectivity index (χ2n) is 5.17. The highest BCUT2D eigenvalue weighted by molar-refractivity contribution is 7.90. The Labute approximate surface area is 103 Å². The molecule has 0 aromatic heterocycles. The molecule has 0 amide bonds. The number of rotatable bonds is 4. The van der Waals surface area contributed by atoms with Crippen molar-refractivity contribution in [3.63, 3.8) is 0 Å². The summed E-state index contributed by atoms with van der Waals surface area (Å²) in [7, 11) is -1.12. The van der Waals surface area contributed by atoms with E-state index in [1.165, 1.54) is 18.2 Å². The SMILES string of the molecule is CNCC1CC1(C)c1ccc(S(C)(=O)=O)cc1. The van der Waals surface area contributed by atoms with Crippen molar-refractivity contribution in [1.29, 1.82) is 0 Å². The average molecular weight is 253 g/mol. The van der Waals surface area contributed by atoms with E-state index >= 15 is 0 Å². The second kappa shape index (κ2) is 4.10. The van der Waals surface area contributed by atoms with E-state index in [0.29, 0.717) is 10.8 Å². The number of nitrogens with one attached hydrogen (secondary N) is 1. The molecule has 2 rings (SSSR count). The Morgan fingerprint density at radius 1 is 1.35 bits per heavy atom. The lowest BCUT2D eigenvalue weighted by molar-refractivity contribution is 0.601. The highest BCUT2D eigenvalue weighted by Gasteiger charge is 2.50. The second-order valence-corrected chi connectivity index (χ2v) is 7.19. The molecule has 1 fully saturated rings. The van der Waals surface area contributed by atoms with Crippen molar-refractivity contribution in [2.45, 2.75) is 23.7 Å². The highest BCUT2D eigenvalue weighted by atomic mass is 32.2. The molecule has 2 unspecified atom stereocenters. The van der Waals surface area contributed by atoms with Gasteiger partial charge in [0.05, 0.1) is 4.90 Å². The highest BCUT2D eigenvalue weighted by Crippen LogP contribution is 2.53. The monoisotopic (exact) mass is 253 g/mol. The van der Waals surface area contributed by atoms with Gasteiger partial charge in [0.15, 0.2) is 9.84 Å². The zero-order valence-corrected chi connectivity index (χ0v) is 11.3. The molecular weight excluding hydrogens is 234 g/mol. The summed E-state index contributed by atoms with van der Waals surface area (Å²) in [5.41, 5.74) is 1.46. The van der Waals surface area contributed by atoms with Crippen LogP contribution in [0.3, 0.4) is 0 Å².